The first-order chi connectivity index (χ1) is 12.5. The molecule has 2 N–H and O–H groups in total. The molecule has 0 aliphatic carbocycles. The molecule has 0 bridgehead atoms. The smallest absolute Gasteiger partial charge is 0.224 e. The lowest BCUT2D eigenvalue weighted by molar-refractivity contribution is -0.116. The van der Waals surface area contributed by atoms with Crippen molar-refractivity contribution >= 4 is 11.6 Å². The van der Waals surface area contributed by atoms with Crippen molar-refractivity contribution in [3.63, 3.8) is 0 Å². The fourth-order valence-corrected chi connectivity index (χ4v) is 2.49. The summed E-state index contributed by atoms with van der Waals surface area (Å²) in [5.41, 5.74) is 4.37. The van der Waals surface area contributed by atoms with Gasteiger partial charge in [0.1, 0.15) is 0 Å². The maximum atomic E-state index is 12.3. The zero-order valence-electron chi connectivity index (χ0n) is 16.8. The standard InChI is InChI=1S/C22H33N3O/c1-6-8-14-23-16-20(18(3)7-2)12-13-22(26)24-21-11-9-10-19(15-21)17-25(4)5/h7-11,14-16,23H,6,12-13,17H2,1-5H3,(H,24,26)/b14-8+,18-7+,20-16-. The van der Waals surface area contributed by atoms with Gasteiger partial charge in [-0.2, -0.15) is 0 Å². The molecule has 0 aliphatic heterocycles. The molecular weight excluding hydrogens is 322 g/mol. The van der Waals surface area contributed by atoms with Crippen molar-refractivity contribution in [2.75, 3.05) is 19.4 Å². The van der Waals surface area contributed by atoms with Crippen LogP contribution in [-0.2, 0) is 11.3 Å². The Hall–Kier alpha value is -2.33. The highest BCUT2D eigenvalue weighted by molar-refractivity contribution is 5.90. The van der Waals surface area contributed by atoms with E-state index in [0.29, 0.717) is 12.8 Å². The van der Waals surface area contributed by atoms with Crippen LogP contribution in [0.2, 0.25) is 0 Å². The van der Waals surface area contributed by atoms with Crippen LogP contribution in [0.4, 0.5) is 5.69 Å². The topological polar surface area (TPSA) is 44.4 Å². The maximum Gasteiger partial charge on any atom is 0.224 e. The summed E-state index contributed by atoms with van der Waals surface area (Å²) >= 11 is 0. The SMILES string of the molecule is C/C=C(C)/C(=C\N/C=C/CC)CCC(=O)Nc1cccc(CN(C)C)c1. The Bertz CT molecular complexity index is 657. The van der Waals surface area contributed by atoms with Gasteiger partial charge < -0.3 is 15.5 Å². The van der Waals surface area contributed by atoms with Gasteiger partial charge in [0, 0.05) is 24.9 Å². The van der Waals surface area contributed by atoms with Crippen molar-refractivity contribution in [2.24, 2.45) is 0 Å². The van der Waals surface area contributed by atoms with Crippen LogP contribution in [0.3, 0.4) is 0 Å². The lowest BCUT2D eigenvalue weighted by Gasteiger charge is -2.12. The molecule has 0 radical (unpaired) electrons. The Morgan fingerprint density at radius 2 is 2.00 bits per heavy atom. The number of hydrogen-bond acceptors (Lipinski definition) is 3. The van der Waals surface area contributed by atoms with Gasteiger partial charge in [0.25, 0.3) is 0 Å². The number of carbonyl (C=O) groups excluding carboxylic acids is 1. The van der Waals surface area contributed by atoms with Gasteiger partial charge in [-0.25, -0.2) is 0 Å². The zero-order valence-corrected chi connectivity index (χ0v) is 16.8. The number of hydrogen-bond donors (Lipinski definition) is 2. The van der Waals surface area contributed by atoms with Crippen molar-refractivity contribution in [1.29, 1.82) is 0 Å². The van der Waals surface area contributed by atoms with E-state index in [2.05, 4.69) is 47.6 Å². The third kappa shape index (κ3) is 8.67. The number of nitrogens with zero attached hydrogens (tertiary/aromatic N) is 1. The molecule has 0 spiro atoms. The van der Waals surface area contributed by atoms with E-state index >= 15 is 0 Å². The minimum Gasteiger partial charge on any atom is -0.368 e. The van der Waals surface area contributed by atoms with Gasteiger partial charge in [0.05, 0.1) is 0 Å². The van der Waals surface area contributed by atoms with E-state index in [1.165, 1.54) is 11.1 Å². The van der Waals surface area contributed by atoms with Crippen LogP contribution in [0.25, 0.3) is 0 Å². The fourth-order valence-electron chi connectivity index (χ4n) is 2.49. The minimum absolute atomic E-state index is 0.0332. The van der Waals surface area contributed by atoms with Crippen molar-refractivity contribution in [3.8, 4) is 0 Å². The third-order valence-electron chi connectivity index (χ3n) is 3.98. The molecule has 1 aromatic rings. The summed E-state index contributed by atoms with van der Waals surface area (Å²) in [6, 6.07) is 8.01. The highest BCUT2D eigenvalue weighted by atomic mass is 16.1. The predicted octanol–water partition coefficient (Wildman–Crippen LogP) is 4.83. The largest absolute Gasteiger partial charge is 0.368 e. The number of anilines is 1. The Kier molecular flexibility index (Phi) is 10.1. The van der Waals surface area contributed by atoms with Gasteiger partial charge in [-0.05, 0) is 70.3 Å². The highest BCUT2D eigenvalue weighted by Gasteiger charge is 2.07. The molecule has 0 aliphatic rings. The summed E-state index contributed by atoms with van der Waals surface area (Å²) in [4.78, 5) is 14.4. The third-order valence-corrected chi connectivity index (χ3v) is 3.98. The molecule has 142 valence electrons. The molecule has 4 heteroatoms. The van der Waals surface area contributed by atoms with Gasteiger partial charge in [-0.3, -0.25) is 4.79 Å². The summed E-state index contributed by atoms with van der Waals surface area (Å²) in [5, 5.41) is 6.19. The Morgan fingerprint density at radius 3 is 2.65 bits per heavy atom. The lowest BCUT2D eigenvalue weighted by Crippen LogP contribution is -2.13. The number of amides is 1. The minimum atomic E-state index is 0.0332. The van der Waals surface area contributed by atoms with Crippen molar-refractivity contribution in [1.82, 2.24) is 10.2 Å². The summed E-state index contributed by atoms with van der Waals surface area (Å²) in [7, 11) is 4.07. The summed E-state index contributed by atoms with van der Waals surface area (Å²) in [6.45, 7) is 7.03. The Balaban J connectivity index is 2.64. The number of allylic oxidation sites excluding steroid dienone is 4. The van der Waals surface area contributed by atoms with Crippen LogP contribution >= 0.6 is 0 Å². The molecule has 0 saturated carbocycles. The van der Waals surface area contributed by atoms with Gasteiger partial charge in [-0.15, -0.1) is 0 Å². The molecule has 1 amide bonds. The quantitative estimate of drug-likeness (QED) is 0.591. The number of carbonyl (C=O) groups is 1. The summed E-state index contributed by atoms with van der Waals surface area (Å²) < 4.78 is 0. The molecule has 0 atom stereocenters. The van der Waals surface area contributed by atoms with E-state index < -0.39 is 0 Å². The van der Waals surface area contributed by atoms with Crippen LogP contribution < -0.4 is 10.6 Å². The monoisotopic (exact) mass is 355 g/mol. The van der Waals surface area contributed by atoms with E-state index in [1.807, 2.05) is 51.6 Å². The van der Waals surface area contributed by atoms with Gasteiger partial charge in [0.2, 0.25) is 5.91 Å². The Morgan fingerprint density at radius 1 is 1.23 bits per heavy atom. The average Bonchev–Trinajstić information content (AvgIpc) is 2.60. The molecule has 0 saturated heterocycles. The number of nitrogens with one attached hydrogen (secondary N) is 2. The predicted molar refractivity (Wildman–Crippen MR) is 112 cm³/mol. The molecule has 4 nitrogen and oxygen atoms in total. The average molecular weight is 356 g/mol. The summed E-state index contributed by atoms with van der Waals surface area (Å²) in [6.07, 6.45) is 10.2. The van der Waals surface area contributed by atoms with Crippen molar-refractivity contribution in [2.45, 2.75) is 46.6 Å². The number of rotatable bonds is 10. The molecule has 0 heterocycles. The van der Waals surface area contributed by atoms with E-state index in [0.717, 1.165) is 24.2 Å². The molecule has 1 rings (SSSR count). The first-order valence-electron chi connectivity index (χ1n) is 9.23. The first-order valence-corrected chi connectivity index (χ1v) is 9.23. The van der Waals surface area contributed by atoms with E-state index in [-0.39, 0.29) is 5.91 Å². The number of benzene rings is 1. The van der Waals surface area contributed by atoms with Crippen LogP contribution in [0, 0.1) is 0 Å². The van der Waals surface area contributed by atoms with Crippen LogP contribution in [0.15, 0.2) is 60.0 Å². The molecular formula is C22H33N3O. The highest BCUT2D eigenvalue weighted by Crippen LogP contribution is 2.17. The van der Waals surface area contributed by atoms with Gasteiger partial charge in [0.15, 0.2) is 0 Å². The second-order valence-electron chi connectivity index (χ2n) is 6.60. The first kappa shape index (κ1) is 21.7. The normalized spacial score (nSPS) is 12.7. The van der Waals surface area contributed by atoms with Crippen LogP contribution in [-0.4, -0.2) is 24.9 Å². The van der Waals surface area contributed by atoms with Gasteiger partial charge in [-0.1, -0.05) is 36.8 Å². The Labute approximate surface area is 158 Å². The van der Waals surface area contributed by atoms with Crippen molar-refractivity contribution in [3.05, 3.63) is 65.5 Å². The molecule has 1 aromatic carbocycles. The molecule has 0 aromatic heterocycles. The molecule has 0 unspecified atom stereocenters. The van der Waals surface area contributed by atoms with E-state index in [9.17, 15) is 4.79 Å². The van der Waals surface area contributed by atoms with Crippen molar-refractivity contribution < 1.29 is 4.79 Å². The molecule has 26 heavy (non-hydrogen) atoms. The maximum absolute atomic E-state index is 12.3. The zero-order chi connectivity index (χ0) is 19.4. The van der Waals surface area contributed by atoms with E-state index in [4.69, 9.17) is 0 Å². The van der Waals surface area contributed by atoms with Crippen LogP contribution in [0.1, 0.15) is 45.6 Å². The van der Waals surface area contributed by atoms with E-state index in [1.54, 1.807) is 0 Å². The molecule has 0 fully saturated rings. The lowest BCUT2D eigenvalue weighted by atomic mass is 10.0. The van der Waals surface area contributed by atoms with Gasteiger partial charge >= 0.3 is 0 Å². The second-order valence-corrected chi connectivity index (χ2v) is 6.60. The fraction of sp³-hybridized carbons (Fsp3) is 0.409. The summed E-state index contributed by atoms with van der Waals surface area (Å²) in [5.74, 6) is 0.0332. The van der Waals surface area contributed by atoms with Crippen LogP contribution in [0.5, 0.6) is 0 Å². The second kappa shape index (κ2) is 12.1.